The van der Waals surface area contributed by atoms with Gasteiger partial charge >= 0.3 is 0 Å². The van der Waals surface area contributed by atoms with Crippen LogP contribution in [0.15, 0.2) is 66.1 Å². The number of hydrogen-bond donors (Lipinski definition) is 1. The van der Waals surface area contributed by atoms with Crippen molar-refractivity contribution in [2.75, 3.05) is 11.1 Å². The number of thioether (sulfide) groups is 1. The Morgan fingerprint density at radius 1 is 1.24 bits per heavy atom. The van der Waals surface area contributed by atoms with Gasteiger partial charge < -0.3 is 9.88 Å². The maximum absolute atomic E-state index is 13.1. The first-order valence-electron chi connectivity index (χ1n) is 7.54. The van der Waals surface area contributed by atoms with E-state index < -0.39 is 0 Å². The molecule has 0 aliphatic rings. The number of imidazole rings is 1. The van der Waals surface area contributed by atoms with E-state index in [0.29, 0.717) is 17.3 Å². The maximum atomic E-state index is 13.1. The summed E-state index contributed by atoms with van der Waals surface area (Å²) in [4.78, 5) is 16.3. The van der Waals surface area contributed by atoms with Crippen LogP contribution in [0.5, 0.6) is 0 Å². The van der Waals surface area contributed by atoms with Gasteiger partial charge in [-0.05, 0) is 35.9 Å². The highest BCUT2D eigenvalue weighted by atomic mass is 35.5. The average Bonchev–Trinajstić information content (AvgIpc) is 3.02. The topological polar surface area (TPSA) is 46.9 Å². The van der Waals surface area contributed by atoms with Gasteiger partial charge in [0.1, 0.15) is 5.82 Å². The zero-order valence-electron chi connectivity index (χ0n) is 13.2. The van der Waals surface area contributed by atoms with E-state index in [1.807, 2.05) is 35.0 Å². The predicted molar refractivity (Wildman–Crippen MR) is 98.5 cm³/mol. The Balaban J connectivity index is 1.57. The fourth-order valence-electron chi connectivity index (χ4n) is 2.24. The summed E-state index contributed by atoms with van der Waals surface area (Å²) < 4.78 is 15.1. The molecule has 0 fully saturated rings. The molecule has 0 saturated carbocycles. The van der Waals surface area contributed by atoms with Crippen LogP contribution in [-0.2, 0) is 11.3 Å². The summed E-state index contributed by atoms with van der Waals surface area (Å²) in [6.07, 6.45) is 3.56. The average molecular weight is 376 g/mol. The molecular weight excluding hydrogens is 361 g/mol. The van der Waals surface area contributed by atoms with E-state index in [2.05, 4.69) is 10.3 Å². The number of aromatic nitrogens is 2. The predicted octanol–water partition coefficient (Wildman–Crippen LogP) is 4.45. The summed E-state index contributed by atoms with van der Waals surface area (Å²) in [6, 6.07) is 13.4. The Morgan fingerprint density at radius 2 is 2.04 bits per heavy atom. The normalized spacial score (nSPS) is 10.6. The van der Waals surface area contributed by atoms with Crippen molar-refractivity contribution in [3.8, 4) is 0 Å². The lowest BCUT2D eigenvalue weighted by Crippen LogP contribution is -2.14. The standard InChI is InChI=1S/C18H15ClFN3OS/c19-14-6-4-13(5-7-14)11-23-9-8-21-18(23)25-12-17(24)22-16-3-1-2-15(20)10-16/h1-10H,11-12H2,(H,22,24). The molecule has 1 amide bonds. The third-order valence-electron chi connectivity index (χ3n) is 3.38. The zero-order chi connectivity index (χ0) is 17.6. The van der Waals surface area contributed by atoms with Crippen molar-refractivity contribution >= 4 is 35.0 Å². The van der Waals surface area contributed by atoms with Crippen LogP contribution in [0.2, 0.25) is 5.02 Å². The number of hydrogen-bond acceptors (Lipinski definition) is 3. The van der Waals surface area contributed by atoms with Gasteiger partial charge in [-0.2, -0.15) is 0 Å². The van der Waals surface area contributed by atoms with Gasteiger partial charge in [0.05, 0.1) is 5.75 Å². The Hall–Kier alpha value is -2.31. The molecule has 7 heteroatoms. The van der Waals surface area contributed by atoms with E-state index >= 15 is 0 Å². The van der Waals surface area contributed by atoms with E-state index in [0.717, 1.165) is 10.7 Å². The van der Waals surface area contributed by atoms with E-state index in [1.54, 1.807) is 18.3 Å². The molecule has 0 aliphatic carbocycles. The number of benzene rings is 2. The van der Waals surface area contributed by atoms with Gasteiger partial charge in [-0.1, -0.05) is 41.6 Å². The number of nitrogens with zero attached hydrogens (tertiary/aromatic N) is 2. The SMILES string of the molecule is O=C(CSc1nccn1Cc1ccc(Cl)cc1)Nc1cccc(F)c1. The largest absolute Gasteiger partial charge is 0.325 e. The fraction of sp³-hybridized carbons (Fsp3) is 0.111. The highest BCUT2D eigenvalue weighted by molar-refractivity contribution is 7.99. The summed E-state index contributed by atoms with van der Waals surface area (Å²) in [5.41, 5.74) is 1.53. The molecule has 128 valence electrons. The van der Waals surface area contributed by atoms with Crippen LogP contribution in [0.4, 0.5) is 10.1 Å². The number of rotatable bonds is 6. The molecule has 3 rings (SSSR count). The maximum Gasteiger partial charge on any atom is 0.234 e. The number of anilines is 1. The van der Waals surface area contributed by atoms with Crippen LogP contribution in [0, 0.1) is 5.82 Å². The van der Waals surface area contributed by atoms with Gasteiger partial charge in [0.15, 0.2) is 5.16 Å². The molecular formula is C18H15ClFN3OS. The number of carbonyl (C=O) groups excluding carboxylic acids is 1. The smallest absolute Gasteiger partial charge is 0.234 e. The van der Waals surface area contributed by atoms with Gasteiger partial charge in [0, 0.05) is 29.6 Å². The Labute approximate surface area is 154 Å². The molecule has 0 aliphatic heterocycles. The molecule has 4 nitrogen and oxygen atoms in total. The number of nitrogens with one attached hydrogen (secondary N) is 1. The van der Waals surface area contributed by atoms with Crippen LogP contribution < -0.4 is 5.32 Å². The van der Waals surface area contributed by atoms with Crippen LogP contribution in [0.1, 0.15) is 5.56 Å². The third kappa shape index (κ3) is 5.08. The van der Waals surface area contributed by atoms with Crippen LogP contribution in [0.25, 0.3) is 0 Å². The fourth-order valence-corrected chi connectivity index (χ4v) is 3.12. The van der Waals surface area contributed by atoms with Crippen molar-refractivity contribution < 1.29 is 9.18 Å². The summed E-state index contributed by atoms with van der Waals surface area (Å²) in [7, 11) is 0. The zero-order valence-corrected chi connectivity index (χ0v) is 14.7. The minimum atomic E-state index is -0.385. The molecule has 0 bridgehead atoms. The van der Waals surface area contributed by atoms with E-state index in [4.69, 9.17) is 11.6 Å². The lowest BCUT2D eigenvalue weighted by atomic mass is 10.2. The molecule has 3 aromatic rings. The first-order chi connectivity index (χ1) is 12.1. The summed E-state index contributed by atoms with van der Waals surface area (Å²) in [6.45, 7) is 0.644. The second-order valence-electron chi connectivity index (χ2n) is 5.31. The lowest BCUT2D eigenvalue weighted by molar-refractivity contribution is -0.113. The molecule has 0 saturated heterocycles. The molecule has 0 spiro atoms. The van der Waals surface area contributed by atoms with Crippen LogP contribution in [0.3, 0.4) is 0 Å². The van der Waals surface area contributed by atoms with Crippen LogP contribution >= 0.6 is 23.4 Å². The lowest BCUT2D eigenvalue weighted by Gasteiger charge is -2.08. The Morgan fingerprint density at radius 3 is 2.80 bits per heavy atom. The number of halogens is 2. The third-order valence-corrected chi connectivity index (χ3v) is 4.64. The minimum absolute atomic E-state index is 0.189. The Kier molecular flexibility index (Phi) is 5.73. The van der Waals surface area contributed by atoms with Crippen molar-refractivity contribution in [2.24, 2.45) is 0 Å². The van der Waals surface area contributed by atoms with Crippen molar-refractivity contribution in [1.29, 1.82) is 0 Å². The van der Waals surface area contributed by atoms with Crippen LogP contribution in [-0.4, -0.2) is 21.2 Å². The number of carbonyl (C=O) groups is 1. The highest BCUT2D eigenvalue weighted by Crippen LogP contribution is 2.19. The molecule has 0 radical (unpaired) electrons. The van der Waals surface area contributed by atoms with E-state index in [9.17, 15) is 9.18 Å². The Bertz CT molecular complexity index is 867. The molecule has 25 heavy (non-hydrogen) atoms. The second-order valence-corrected chi connectivity index (χ2v) is 6.69. The van der Waals surface area contributed by atoms with Gasteiger partial charge in [-0.25, -0.2) is 9.37 Å². The monoisotopic (exact) mass is 375 g/mol. The van der Waals surface area contributed by atoms with Crippen molar-refractivity contribution in [3.05, 3.63) is 77.3 Å². The second kappa shape index (κ2) is 8.18. The summed E-state index contributed by atoms with van der Waals surface area (Å²) in [5.74, 6) is -0.408. The molecule has 1 heterocycles. The summed E-state index contributed by atoms with van der Waals surface area (Å²) >= 11 is 7.22. The molecule has 1 aromatic heterocycles. The van der Waals surface area contributed by atoms with E-state index in [-0.39, 0.29) is 17.5 Å². The van der Waals surface area contributed by atoms with E-state index in [1.165, 1.54) is 23.9 Å². The first-order valence-corrected chi connectivity index (χ1v) is 8.90. The number of amides is 1. The summed E-state index contributed by atoms with van der Waals surface area (Å²) in [5, 5.41) is 4.10. The minimum Gasteiger partial charge on any atom is -0.325 e. The van der Waals surface area contributed by atoms with Crippen molar-refractivity contribution in [2.45, 2.75) is 11.7 Å². The highest BCUT2D eigenvalue weighted by Gasteiger charge is 2.09. The van der Waals surface area contributed by atoms with Gasteiger partial charge in [0.2, 0.25) is 5.91 Å². The molecule has 0 unspecified atom stereocenters. The van der Waals surface area contributed by atoms with Gasteiger partial charge in [0.25, 0.3) is 0 Å². The van der Waals surface area contributed by atoms with Gasteiger partial charge in [-0.3, -0.25) is 4.79 Å². The van der Waals surface area contributed by atoms with Crippen molar-refractivity contribution in [3.63, 3.8) is 0 Å². The van der Waals surface area contributed by atoms with Crippen molar-refractivity contribution in [1.82, 2.24) is 9.55 Å². The molecule has 0 atom stereocenters. The first kappa shape index (κ1) is 17.5. The molecule has 2 aromatic carbocycles. The molecule has 1 N–H and O–H groups in total. The quantitative estimate of drug-likeness (QED) is 0.647. The van der Waals surface area contributed by atoms with Gasteiger partial charge in [-0.15, -0.1) is 0 Å².